The Bertz CT molecular complexity index is 1160. The van der Waals surface area contributed by atoms with Crippen LogP contribution >= 0.6 is 11.3 Å². The van der Waals surface area contributed by atoms with Gasteiger partial charge in [-0.3, -0.25) is 14.6 Å². The molecule has 1 aliphatic rings. The highest BCUT2D eigenvalue weighted by Crippen LogP contribution is 2.41. The van der Waals surface area contributed by atoms with Crippen molar-refractivity contribution >= 4 is 38.3 Å². The molecule has 35 heavy (non-hydrogen) atoms. The van der Waals surface area contributed by atoms with Crippen molar-refractivity contribution in [1.82, 2.24) is 4.98 Å². The van der Waals surface area contributed by atoms with Gasteiger partial charge in [0.1, 0.15) is 12.2 Å². The predicted octanol–water partition coefficient (Wildman–Crippen LogP) is 3.69. The number of nitrogens with zero attached hydrogens (tertiary/aromatic N) is 2. The third kappa shape index (κ3) is 5.75. The number of aromatic nitrogens is 1. The van der Waals surface area contributed by atoms with Crippen molar-refractivity contribution < 1.29 is 24.3 Å². The van der Waals surface area contributed by atoms with Crippen LogP contribution in [-0.2, 0) is 25.8 Å². The Hall–Kier alpha value is -3.57. The maximum Gasteiger partial charge on any atom is 0.309 e. The first-order valence-electron chi connectivity index (χ1n) is 11.3. The number of ether oxygens (including phenoxy) is 1. The van der Waals surface area contributed by atoms with E-state index in [1.54, 1.807) is 12.4 Å². The van der Waals surface area contributed by atoms with Crippen LogP contribution in [0.15, 0.2) is 54.9 Å². The molecule has 11 heteroatoms. The normalized spacial score (nSPS) is 20.7. The lowest BCUT2D eigenvalue weighted by atomic mass is 9.71. The van der Waals surface area contributed by atoms with Crippen molar-refractivity contribution in [3.63, 3.8) is 0 Å². The average Bonchev–Trinajstić information content (AvgIpc) is 3.26. The lowest BCUT2D eigenvalue weighted by Crippen LogP contribution is -2.53. The van der Waals surface area contributed by atoms with E-state index in [2.05, 4.69) is 10.3 Å². The standard InChI is InChI=1S/C24H26N4O6S/c25-13-19(22(29)27-21-12-18-8-11-26-14-20(18)35-21)24(34-28(31)32)9-6-17(7-10-24)23(30)33-15-16-4-2-1-3-5-16/h1-5,8,11-12,14,17,19H,6-7,9-10,13,15,25H2,(H,27,29)/t17?,19-,24?/m1/s1. The zero-order valence-electron chi connectivity index (χ0n) is 18.9. The van der Waals surface area contributed by atoms with Crippen molar-refractivity contribution in [1.29, 1.82) is 0 Å². The molecule has 2 heterocycles. The molecule has 1 fully saturated rings. The Morgan fingerprint density at radius 3 is 2.66 bits per heavy atom. The van der Waals surface area contributed by atoms with E-state index in [1.807, 2.05) is 42.5 Å². The summed E-state index contributed by atoms with van der Waals surface area (Å²) in [4.78, 5) is 46.4. The van der Waals surface area contributed by atoms with Crippen LogP contribution in [0.3, 0.4) is 0 Å². The van der Waals surface area contributed by atoms with Crippen LogP contribution in [0, 0.1) is 22.0 Å². The summed E-state index contributed by atoms with van der Waals surface area (Å²) in [5, 5.41) is 14.8. The van der Waals surface area contributed by atoms with Crippen LogP contribution in [0.4, 0.5) is 5.00 Å². The minimum absolute atomic E-state index is 0.130. The monoisotopic (exact) mass is 498 g/mol. The quantitative estimate of drug-likeness (QED) is 0.258. The van der Waals surface area contributed by atoms with Gasteiger partial charge in [-0.1, -0.05) is 30.3 Å². The number of benzene rings is 1. The fraction of sp³-hybridized carbons (Fsp3) is 0.375. The zero-order chi connectivity index (χ0) is 24.8. The first kappa shape index (κ1) is 24.6. The summed E-state index contributed by atoms with van der Waals surface area (Å²) in [6, 6.07) is 13.0. The summed E-state index contributed by atoms with van der Waals surface area (Å²) in [6.07, 6.45) is 4.20. The molecule has 0 saturated heterocycles. The molecule has 0 bridgehead atoms. The number of fused-ring (bicyclic) bond motifs is 1. The Morgan fingerprint density at radius 2 is 2.00 bits per heavy atom. The number of carbonyl (C=O) groups excluding carboxylic acids is 2. The number of thiophene rings is 1. The lowest BCUT2D eigenvalue weighted by molar-refractivity contribution is -0.784. The summed E-state index contributed by atoms with van der Waals surface area (Å²) >= 11 is 1.35. The van der Waals surface area contributed by atoms with Gasteiger partial charge in [-0.25, -0.2) is 0 Å². The summed E-state index contributed by atoms with van der Waals surface area (Å²) in [7, 11) is 0. The second kappa shape index (κ2) is 10.8. The number of hydrogen-bond acceptors (Lipinski definition) is 9. The van der Waals surface area contributed by atoms with Gasteiger partial charge in [0.25, 0.3) is 5.09 Å². The van der Waals surface area contributed by atoms with Crippen LogP contribution in [0.5, 0.6) is 0 Å². The Labute approximate surface area is 205 Å². The molecule has 2 aromatic heterocycles. The predicted molar refractivity (Wildman–Crippen MR) is 130 cm³/mol. The minimum atomic E-state index is -1.42. The van der Waals surface area contributed by atoms with Crippen LogP contribution < -0.4 is 11.1 Å². The van der Waals surface area contributed by atoms with Crippen LogP contribution in [0.1, 0.15) is 31.2 Å². The molecule has 4 rings (SSSR count). The molecule has 0 unspecified atom stereocenters. The van der Waals surface area contributed by atoms with Gasteiger partial charge in [-0.15, -0.1) is 21.5 Å². The number of nitrogens with one attached hydrogen (secondary N) is 1. The molecule has 0 spiro atoms. The smallest absolute Gasteiger partial charge is 0.309 e. The molecule has 3 N–H and O–H groups in total. The van der Waals surface area contributed by atoms with E-state index in [0.29, 0.717) is 17.8 Å². The third-order valence-electron chi connectivity index (χ3n) is 6.40. The third-order valence-corrected chi connectivity index (χ3v) is 7.40. The number of rotatable bonds is 9. The molecule has 10 nitrogen and oxygen atoms in total. The van der Waals surface area contributed by atoms with Crippen molar-refractivity contribution in [2.24, 2.45) is 17.6 Å². The molecule has 184 valence electrons. The molecular formula is C24H26N4O6S. The molecule has 1 aromatic carbocycles. The van der Waals surface area contributed by atoms with Crippen molar-refractivity contribution in [3.05, 3.63) is 70.5 Å². The van der Waals surface area contributed by atoms with Crippen molar-refractivity contribution in [2.75, 3.05) is 11.9 Å². The molecule has 1 amide bonds. The van der Waals surface area contributed by atoms with E-state index in [9.17, 15) is 19.7 Å². The fourth-order valence-corrected chi connectivity index (χ4v) is 5.49. The summed E-state index contributed by atoms with van der Waals surface area (Å²) in [6.45, 7) is 0.0144. The summed E-state index contributed by atoms with van der Waals surface area (Å²) < 4.78 is 6.34. The van der Waals surface area contributed by atoms with Crippen molar-refractivity contribution in [3.8, 4) is 0 Å². The highest BCUT2D eigenvalue weighted by Gasteiger charge is 2.49. The largest absolute Gasteiger partial charge is 0.461 e. The first-order chi connectivity index (χ1) is 16.9. The van der Waals surface area contributed by atoms with Gasteiger partial charge in [0.2, 0.25) is 5.91 Å². The van der Waals surface area contributed by atoms with E-state index in [0.717, 1.165) is 15.6 Å². The SMILES string of the molecule is NC[C@H](C(=O)Nc1cc2ccncc2s1)C1(O[N+](=O)[O-])CCC(C(=O)OCc2ccccc2)CC1. The van der Waals surface area contributed by atoms with Crippen LogP contribution in [0.25, 0.3) is 10.1 Å². The van der Waals surface area contributed by atoms with Crippen molar-refractivity contribution in [2.45, 2.75) is 37.9 Å². The zero-order valence-corrected chi connectivity index (χ0v) is 19.7. The average molecular weight is 499 g/mol. The molecule has 0 radical (unpaired) electrons. The molecule has 1 saturated carbocycles. The Kier molecular flexibility index (Phi) is 7.57. The van der Waals surface area contributed by atoms with Gasteiger partial charge in [-0.2, -0.15) is 0 Å². The molecule has 1 atom stereocenters. The Morgan fingerprint density at radius 1 is 1.26 bits per heavy atom. The van der Waals surface area contributed by atoms with Gasteiger partial charge in [0, 0.05) is 18.9 Å². The molecule has 1 aliphatic carbocycles. The topological polar surface area (TPSA) is 147 Å². The van der Waals surface area contributed by atoms with Gasteiger partial charge in [0.05, 0.1) is 21.5 Å². The van der Waals surface area contributed by atoms with Crippen LogP contribution in [0.2, 0.25) is 0 Å². The number of carbonyl (C=O) groups is 2. The first-order valence-corrected chi connectivity index (χ1v) is 12.1. The van der Waals surface area contributed by atoms with E-state index in [4.69, 9.17) is 15.3 Å². The second-order valence-electron chi connectivity index (χ2n) is 8.55. The number of nitrogens with two attached hydrogens (primary N) is 1. The van der Waals surface area contributed by atoms with Gasteiger partial charge >= 0.3 is 5.97 Å². The number of anilines is 1. The van der Waals surface area contributed by atoms with Gasteiger partial charge in [-0.05, 0) is 48.8 Å². The highest BCUT2D eigenvalue weighted by molar-refractivity contribution is 7.22. The minimum Gasteiger partial charge on any atom is -0.461 e. The lowest BCUT2D eigenvalue weighted by Gasteiger charge is -2.41. The maximum absolute atomic E-state index is 13.2. The van der Waals surface area contributed by atoms with E-state index in [1.165, 1.54) is 11.3 Å². The van der Waals surface area contributed by atoms with E-state index < -0.39 is 28.4 Å². The number of amides is 1. The van der Waals surface area contributed by atoms with Gasteiger partial charge < -0.3 is 20.6 Å². The number of hydrogen-bond donors (Lipinski definition) is 2. The highest BCUT2D eigenvalue weighted by atomic mass is 32.1. The number of pyridine rings is 1. The molecule has 0 aliphatic heterocycles. The summed E-state index contributed by atoms with van der Waals surface area (Å²) in [5.74, 6) is -2.23. The molecular weight excluding hydrogens is 472 g/mol. The van der Waals surface area contributed by atoms with Gasteiger partial charge in [0.15, 0.2) is 0 Å². The summed E-state index contributed by atoms with van der Waals surface area (Å²) in [5.41, 5.74) is 5.39. The van der Waals surface area contributed by atoms with E-state index >= 15 is 0 Å². The van der Waals surface area contributed by atoms with E-state index in [-0.39, 0.29) is 32.0 Å². The second-order valence-corrected chi connectivity index (χ2v) is 9.63. The Balaban J connectivity index is 1.43. The maximum atomic E-state index is 13.2. The molecule has 3 aromatic rings. The fourth-order valence-electron chi connectivity index (χ4n) is 4.56. The number of esters is 1. The van der Waals surface area contributed by atoms with Crippen LogP contribution in [-0.4, -0.2) is 34.1 Å².